The third kappa shape index (κ3) is 3.91. The summed E-state index contributed by atoms with van der Waals surface area (Å²) >= 11 is 0. The Kier molecular flexibility index (Phi) is 5.56. The van der Waals surface area contributed by atoms with Gasteiger partial charge in [0.2, 0.25) is 0 Å². The van der Waals surface area contributed by atoms with Crippen molar-refractivity contribution in [3.8, 4) is 0 Å². The first-order valence-corrected chi connectivity index (χ1v) is 7.18. The minimum absolute atomic E-state index is 0.0318. The Morgan fingerprint density at radius 2 is 1.62 bits per heavy atom. The standard InChI is InChI=1S/C17H15F4NO2/c1-9(7-13(23)10-5-3-2-4-6-10)22-17(24)14-15(20)11(18)8-12(19)16(14)21/h2-6,8-9,13,23H,7H2,1H3,(H,22,24). The van der Waals surface area contributed by atoms with Crippen LogP contribution >= 0.6 is 0 Å². The lowest BCUT2D eigenvalue weighted by atomic mass is 10.0. The fourth-order valence-electron chi connectivity index (χ4n) is 2.27. The molecular formula is C17H15F4NO2. The van der Waals surface area contributed by atoms with E-state index >= 15 is 0 Å². The highest BCUT2D eigenvalue weighted by atomic mass is 19.2. The quantitative estimate of drug-likeness (QED) is 0.646. The second-order valence-corrected chi connectivity index (χ2v) is 5.38. The van der Waals surface area contributed by atoms with Crippen molar-refractivity contribution >= 4 is 5.91 Å². The lowest BCUT2D eigenvalue weighted by Gasteiger charge is -2.18. The molecule has 0 heterocycles. The van der Waals surface area contributed by atoms with Crippen LogP contribution in [-0.4, -0.2) is 17.1 Å². The predicted octanol–water partition coefficient (Wildman–Crippen LogP) is 3.49. The average molecular weight is 341 g/mol. The van der Waals surface area contributed by atoms with Gasteiger partial charge in [-0.3, -0.25) is 4.79 Å². The van der Waals surface area contributed by atoms with Gasteiger partial charge in [0.05, 0.1) is 6.10 Å². The van der Waals surface area contributed by atoms with Gasteiger partial charge in [0.25, 0.3) is 5.91 Å². The van der Waals surface area contributed by atoms with Crippen LogP contribution in [0.1, 0.15) is 35.4 Å². The molecule has 0 bridgehead atoms. The Morgan fingerprint density at radius 1 is 1.08 bits per heavy atom. The zero-order chi connectivity index (χ0) is 17.9. The summed E-state index contributed by atoms with van der Waals surface area (Å²) in [6, 6.07) is 7.92. The maximum absolute atomic E-state index is 13.6. The molecule has 128 valence electrons. The summed E-state index contributed by atoms with van der Waals surface area (Å²) in [7, 11) is 0. The van der Waals surface area contributed by atoms with Gasteiger partial charge in [-0.05, 0) is 18.9 Å². The number of benzene rings is 2. The van der Waals surface area contributed by atoms with Crippen molar-refractivity contribution in [1.82, 2.24) is 5.32 Å². The molecule has 0 radical (unpaired) electrons. The second-order valence-electron chi connectivity index (χ2n) is 5.38. The first-order valence-electron chi connectivity index (χ1n) is 7.18. The van der Waals surface area contributed by atoms with Crippen LogP contribution in [0.2, 0.25) is 0 Å². The van der Waals surface area contributed by atoms with E-state index in [1.165, 1.54) is 6.92 Å². The van der Waals surface area contributed by atoms with Crippen molar-refractivity contribution in [3.63, 3.8) is 0 Å². The molecule has 3 nitrogen and oxygen atoms in total. The van der Waals surface area contributed by atoms with Crippen molar-refractivity contribution in [2.45, 2.75) is 25.5 Å². The third-order valence-corrected chi connectivity index (χ3v) is 3.48. The summed E-state index contributed by atoms with van der Waals surface area (Å²) < 4.78 is 53.5. The summed E-state index contributed by atoms with van der Waals surface area (Å²) in [5.74, 6) is -8.13. The molecule has 1 amide bonds. The second kappa shape index (κ2) is 7.44. The van der Waals surface area contributed by atoms with Gasteiger partial charge < -0.3 is 10.4 Å². The number of aliphatic hydroxyl groups is 1. The largest absolute Gasteiger partial charge is 0.388 e. The predicted molar refractivity (Wildman–Crippen MR) is 79.2 cm³/mol. The van der Waals surface area contributed by atoms with E-state index in [0.29, 0.717) is 5.56 Å². The molecule has 0 aromatic heterocycles. The van der Waals surface area contributed by atoms with Crippen LogP contribution in [0.4, 0.5) is 17.6 Å². The van der Waals surface area contributed by atoms with E-state index in [0.717, 1.165) is 0 Å². The summed E-state index contributed by atoms with van der Waals surface area (Å²) in [6.45, 7) is 1.50. The maximum Gasteiger partial charge on any atom is 0.257 e. The number of nitrogens with one attached hydrogen (secondary N) is 1. The van der Waals surface area contributed by atoms with Crippen molar-refractivity contribution < 1.29 is 27.5 Å². The van der Waals surface area contributed by atoms with Crippen LogP contribution in [0.15, 0.2) is 36.4 Å². The van der Waals surface area contributed by atoms with Gasteiger partial charge in [-0.15, -0.1) is 0 Å². The van der Waals surface area contributed by atoms with E-state index in [9.17, 15) is 27.5 Å². The Labute approximate surface area is 135 Å². The fourth-order valence-corrected chi connectivity index (χ4v) is 2.27. The summed E-state index contributed by atoms with van der Waals surface area (Å²) in [5.41, 5.74) is -0.721. The molecule has 2 unspecified atom stereocenters. The molecule has 2 aromatic rings. The monoisotopic (exact) mass is 341 g/mol. The molecule has 0 saturated carbocycles. The number of carbonyl (C=O) groups is 1. The van der Waals surface area contributed by atoms with Gasteiger partial charge in [-0.25, -0.2) is 17.6 Å². The average Bonchev–Trinajstić information content (AvgIpc) is 2.54. The highest BCUT2D eigenvalue weighted by molar-refractivity contribution is 5.95. The minimum atomic E-state index is -1.76. The van der Waals surface area contributed by atoms with Crippen LogP contribution < -0.4 is 5.32 Å². The van der Waals surface area contributed by atoms with Crippen LogP contribution in [0.25, 0.3) is 0 Å². The molecule has 0 saturated heterocycles. The molecular weight excluding hydrogens is 326 g/mol. The van der Waals surface area contributed by atoms with Gasteiger partial charge in [-0.1, -0.05) is 30.3 Å². The lowest BCUT2D eigenvalue weighted by Crippen LogP contribution is -2.35. The molecule has 24 heavy (non-hydrogen) atoms. The Bertz CT molecular complexity index is 711. The Morgan fingerprint density at radius 3 is 2.17 bits per heavy atom. The van der Waals surface area contributed by atoms with Crippen molar-refractivity contribution in [1.29, 1.82) is 0 Å². The van der Waals surface area contributed by atoms with Crippen LogP contribution in [0.3, 0.4) is 0 Å². The summed E-state index contributed by atoms with van der Waals surface area (Å²) in [5, 5.41) is 12.3. The van der Waals surface area contributed by atoms with E-state index in [1.54, 1.807) is 30.3 Å². The molecule has 0 aliphatic heterocycles. The van der Waals surface area contributed by atoms with E-state index in [1.807, 2.05) is 0 Å². The molecule has 2 N–H and O–H groups in total. The van der Waals surface area contributed by atoms with Gasteiger partial charge in [0.15, 0.2) is 23.3 Å². The summed E-state index contributed by atoms with van der Waals surface area (Å²) in [6.07, 6.45) is -0.864. The molecule has 0 fully saturated rings. The molecule has 0 aliphatic carbocycles. The van der Waals surface area contributed by atoms with Crippen molar-refractivity contribution in [3.05, 3.63) is 70.8 Å². The van der Waals surface area contributed by atoms with E-state index in [-0.39, 0.29) is 12.5 Å². The van der Waals surface area contributed by atoms with Crippen LogP contribution in [0.5, 0.6) is 0 Å². The SMILES string of the molecule is CC(CC(O)c1ccccc1)NC(=O)c1c(F)c(F)cc(F)c1F. The number of carbonyl (C=O) groups excluding carboxylic acids is 1. The normalized spacial score (nSPS) is 13.4. The minimum Gasteiger partial charge on any atom is -0.388 e. The van der Waals surface area contributed by atoms with Crippen molar-refractivity contribution in [2.75, 3.05) is 0 Å². The number of hydrogen-bond acceptors (Lipinski definition) is 2. The van der Waals surface area contributed by atoms with Gasteiger partial charge in [-0.2, -0.15) is 0 Å². The number of hydrogen-bond donors (Lipinski definition) is 2. The topological polar surface area (TPSA) is 49.3 Å². The Hall–Kier alpha value is -2.41. The van der Waals surface area contributed by atoms with Gasteiger partial charge in [0, 0.05) is 12.1 Å². The van der Waals surface area contributed by atoms with Gasteiger partial charge in [0.1, 0.15) is 5.56 Å². The van der Waals surface area contributed by atoms with E-state index in [2.05, 4.69) is 5.32 Å². The third-order valence-electron chi connectivity index (χ3n) is 3.48. The number of amides is 1. The van der Waals surface area contributed by atoms with E-state index in [4.69, 9.17) is 0 Å². The smallest absolute Gasteiger partial charge is 0.257 e. The zero-order valence-electron chi connectivity index (χ0n) is 12.7. The van der Waals surface area contributed by atoms with Gasteiger partial charge >= 0.3 is 0 Å². The number of aliphatic hydroxyl groups excluding tert-OH is 1. The molecule has 2 atom stereocenters. The first kappa shape index (κ1) is 17.9. The first-order chi connectivity index (χ1) is 11.3. The summed E-state index contributed by atoms with van der Waals surface area (Å²) in [4.78, 5) is 11.9. The molecule has 0 spiro atoms. The lowest BCUT2D eigenvalue weighted by molar-refractivity contribution is 0.0906. The number of rotatable bonds is 5. The molecule has 2 rings (SSSR count). The maximum atomic E-state index is 13.6. The zero-order valence-corrected chi connectivity index (χ0v) is 12.7. The van der Waals surface area contributed by atoms with E-state index < -0.39 is 46.9 Å². The Balaban J connectivity index is 2.10. The van der Waals surface area contributed by atoms with Crippen LogP contribution in [-0.2, 0) is 0 Å². The highest BCUT2D eigenvalue weighted by Crippen LogP contribution is 2.21. The van der Waals surface area contributed by atoms with Crippen LogP contribution in [0, 0.1) is 23.3 Å². The molecule has 0 aliphatic rings. The molecule has 7 heteroatoms. The van der Waals surface area contributed by atoms with Crippen molar-refractivity contribution in [2.24, 2.45) is 0 Å². The number of halogens is 4. The fraction of sp³-hybridized carbons (Fsp3) is 0.235. The highest BCUT2D eigenvalue weighted by Gasteiger charge is 2.26. The molecule has 2 aromatic carbocycles.